The molecule has 4 nitrogen and oxygen atoms in total. The number of ether oxygens (including phenoxy) is 2. The summed E-state index contributed by atoms with van der Waals surface area (Å²) in [4.78, 5) is 14.7. The Morgan fingerprint density at radius 1 is 1.40 bits per heavy atom. The zero-order valence-electron chi connectivity index (χ0n) is 13.0. The molecule has 1 heterocycles. The first kappa shape index (κ1) is 15.5. The second-order valence-electron chi connectivity index (χ2n) is 5.81. The summed E-state index contributed by atoms with van der Waals surface area (Å²) >= 11 is 0. The number of amides is 1. The second-order valence-corrected chi connectivity index (χ2v) is 5.81. The van der Waals surface area contributed by atoms with Gasteiger partial charge in [0, 0.05) is 31.9 Å². The Morgan fingerprint density at radius 3 is 2.95 bits per heavy atom. The first-order chi connectivity index (χ1) is 9.65. The van der Waals surface area contributed by atoms with Crippen LogP contribution in [0.4, 0.5) is 0 Å². The quantitative estimate of drug-likeness (QED) is 0.797. The molecule has 0 aromatic heterocycles. The molecule has 1 aliphatic carbocycles. The largest absolute Gasteiger partial charge is 0.380 e. The normalized spacial score (nSPS) is 28.4. The van der Waals surface area contributed by atoms with Crippen molar-refractivity contribution in [3.63, 3.8) is 0 Å². The van der Waals surface area contributed by atoms with E-state index in [1.54, 1.807) is 0 Å². The minimum Gasteiger partial charge on any atom is -0.380 e. The van der Waals surface area contributed by atoms with Gasteiger partial charge in [0.05, 0.1) is 12.7 Å². The van der Waals surface area contributed by atoms with Gasteiger partial charge in [-0.3, -0.25) is 4.79 Å². The third-order valence-corrected chi connectivity index (χ3v) is 4.38. The Kier molecular flexibility index (Phi) is 5.61. The molecule has 114 valence electrons. The summed E-state index contributed by atoms with van der Waals surface area (Å²) < 4.78 is 11.3. The molecule has 0 bridgehead atoms. The molecule has 0 saturated carbocycles. The molecular formula is C16H27NO3. The maximum Gasteiger partial charge on any atom is 0.249 e. The third kappa shape index (κ3) is 3.41. The highest BCUT2D eigenvalue weighted by atomic mass is 16.5. The number of carbonyl (C=O) groups excluding carboxylic acids is 1. The van der Waals surface area contributed by atoms with Gasteiger partial charge in [-0.2, -0.15) is 0 Å². The summed E-state index contributed by atoms with van der Waals surface area (Å²) in [6.07, 6.45) is 2.96. The highest BCUT2D eigenvalue weighted by Gasteiger charge is 2.31. The highest BCUT2D eigenvalue weighted by molar-refractivity contribution is 5.94. The van der Waals surface area contributed by atoms with Crippen molar-refractivity contribution < 1.29 is 14.3 Å². The van der Waals surface area contributed by atoms with Crippen LogP contribution in [0.5, 0.6) is 0 Å². The molecule has 1 aliphatic heterocycles. The van der Waals surface area contributed by atoms with Crippen molar-refractivity contribution in [3.05, 3.63) is 11.1 Å². The van der Waals surface area contributed by atoms with E-state index in [-0.39, 0.29) is 12.0 Å². The topological polar surface area (TPSA) is 38.8 Å². The van der Waals surface area contributed by atoms with E-state index in [0.717, 1.165) is 43.6 Å². The van der Waals surface area contributed by atoms with Crippen LogP contribution in [-0.2, 0) is 14.3 Å². The Labute approximate surface area is 122 Å². The molecule has 0 spiro atoms. The van der Waals surface area contributed by atoms with Crippen molar-refractivity contribution >= 4 is 5.91 Å². The molecule has 1 saturated heterocycles. The maximum absolute atomic E-state index is 12.7. The van der Waals surface area contributed by atoms with Crippen molar-refractivity contribution in [1.82, 2.24) is 4.90 Å². The zero-order chi connectivity index (χ0) is 14.5. The van der Waals surface area contributed by atoms with E-state index in [9.17, 15) is 4.79 Å². The number of rotatable bonds is 3. The van der Waals surface area contributed by atoms with Gasteiger partial charge in [0.25, 0.3) is 0 Å². The summed E-state index contributed by atoms with van der Waals surface area (Å²) in [5.41, 5.74) is 2.12. The molecule has 0 aromatic rings. The first-order valence-corrected chi connectivity index (χ1v) is 7.83. The molecule has 0 N–H and O–H groups in total. The van der Waals surface area contributed by atoms with E-state index < -0.39 is 0 Å². The average molecular weight is 281 g/mol. The third-order valence-electron chi connectivity index (χ3n) is 4.38. The Morgan fingerprint density at radius 2 is 2.20 bits per heavy atom. The predicted octanol–water partition coefficient (Wildman–Crippen LogP) is 2.39. The summed E-state index contributed by atoms with van der Waals surface area (Å²) in [5.74, 6) is 0.698. The summed E-state index contributed by atoms with van der Waals surface area (Å²) in [6, 6.07) is 0. The van der Waals surface area contributed by atoms with Crippen LogP contribution in [0.1, 0.15) is 40.0 Å². The van der Waals surface area contributed by atoms with Crippen LogP contribution in [0.15, 0.2) is 11.1 Å². The second kappa shape index (κ2) is 7.23. The lowest BCUT2D eigenvalue weighted by molar-refractivity contribution is -0.127. The average Bonchev–Trinajstić information content (AvgIpc) is 2.72. The van der Waals surface area contributed by atoms with Gasteiger partial charge >= 0.3 is 0 Å². The van der Waals surface area contributed by atoms with Gasteiger partial charge in [-0.05, 0) is 44.6 Å². The van der Waals surface area contributed by atoms with Gasteiger partial charge in [0.1, 0.15) is 0 Å². The number of nitrogens with zero attached hydrogens (tertiary/aromatic N) is 1. The van der Waals surface area contributed by atoms with Crippen molar-refractivity contribution in [2.24, 2.45) is 5.92 Å². The molecule has 0 aromatic carbocycles. The summed E-state index contributed by atoms with van der Waals surface area (Å²) in [6.45, 7) is 9.94. The van der Waals surface area contributed by atoms with Crippen LogP contribution in [0, 0.1) is 5.92 Å². The Hall–Kier alpha value is -0.870. The molecule has 2 rings (SSSR count). The van der Waals surface area contributed by atoms with E-state index in [4.69, 9.17) is 9.47 Å². The molecular weight excluding hydrogens is 254 g/mol. The lowest BCUT2D eigenvalue weighted by Gasteiger charge is -2.33. The smallest absolute Gasteiger partial charge is 0.249 e. The van der Waals surface area contributed by atoms with Gasteiger partial charge in [-0.1, -0.05) is 6.92 Å². The van der Waals surface area contributed by atoms with E-state index in [2.05, 4.69) is 13.8 Å². The van der Waals surface area contributed by atoms with Gasteiger partial charge in [-0.15, -0.1) is 0 Å². The Balaban J connectivity index is 2.14. The van der Waals surface area contributed by atoms with E-state index >= 15 is 0 Å². The number of hydrogen-bond acceptors (Lipinski definition) is 3. The molecule has 2 unspecified atom stereocenters. The number of carbonyl (C=O) groups is 1. The van der Waals surface area contributed by atoms with E-state index in [0.29, 0.717) is 25.7 Å². The van der Waals surface area contributed by atoms with E-state index in [1.807, 2.05) is 11.8 Å². The molecule has 2 aliphatic rings. The van der Waals surface area contributed by atoms with Gasteiger partial charge in [-0.25, -0.2) is 0 Å². The molecule has 2 atom stereocenters. The summed E-state index contributed by atoms with van der Waals surface area (Å²) in [7, 11) is 0. The number of hydrogen-bond donors (Lipinski definition) is 0. The lowest BCUT2D eigenvalue weighted by atomic mass is 9.82. The highest BCUT2D eigenvalue weighted by Crippen LogP contribution is 2.32. The molecule has 4 heteroatoms. The standard InChI is InChI=1S/C16H27NO3/c1-4-20-15-12(2)6-7-14(13(15)3)16(18)17-8-5-10-19-11-9-17/h12,15H,4-11H2,1-3H3. The lowest BCUT2D eigenvalue weighted by Crippen LogP contribution is -2.38. The fourth-order valence-corrected chi connectivity index (χ4v) is 3.20. The molecule has 20 heavy (non-hydrogen) atoms. The fourth-order valence-electron chi connectivity index (χ4n) is 3.20. The minimum atomic E-state index is 0.107. The molecule has 1 amide bonds. The fraction of sp³-hybridized carbons (Fsp3) is 0.812. The van der Waals surface area contributed by atoms with Gasteiger partial charge in [0.2, 0.25) is 5.91 Å². The van der Waals surface area contributed by atoms with Crippen LogP contribution in [0.25, 0.3) is 0 Å². The molecule has 0 radical (unpaired) electrons. The first-order valence-electron chi connectivity index (χ1n) is 7.83. The molecule has 1 fully saturated rings. The van der Waals surface area contributed by atoms with Crippen molar-refractivity contribution in [2.45, 2.75) is 46.1 Å². The minimum absolute atomic E-state index is 0.107. The van der Waals surface area contributed by atoms with Gasteiger partial charge < -0.3 is 14.4 Å². The van der Waals surface area contributed by atoms with Crippen LogP contribution in [-0.4, -0.2) is 49.8 Å². The SMILES string of the molecule is CCOC1C(C)=C(C(=O)N2CCCOCC2)CCC1C. The Bertz CT molecular complexity index is 370. The van der Waals surface area contributed by atoms with Crippen LogP contribution in [0.3, 0.4) is 0 Å². The summed E-state index contributed by atoms with van der Waals surface area (Å²) in [5, 5.41) is 0. The zero-order valence-corrected chi connectivity index (χ0v) is 13.0. The van der Waals surface area contributed by atoms with Gasteiger partial charge in [0.15, 0.2) is 0 Å². The van der Waals surface area contributed by atoms with Crippen molar-refractivity contribution in [1.29, 1.82) is 0 Å². The van der Waals surface area contributed by atoms with E-state index in [1.165, 1.54) is 0 Å². The van der Waals surface area contributed by atoms with Crippen LogP contribution in [0.2, 0.25) is 0 Å². The van der Waals surface area contributed by atoms with Crippen LogP contribution >= 0.6 is 0 Å². The maximum atomic E-state index is 12.7. The monoisotopic (exact) mass is 281 g/mol. The van der Waals surface area contributed by atoms with Crippen molar-refractivity contribution in [3.8, 4) is 0 Å². The predicted molar refractivity (Wildman–Crippen MR) is 78.5 cm³/mol. The van der Waals surface area contributed by atoms with Crippen LogP contribution < -0.4 is 0 Å². The van der Waals surface area contributed by atoms with Crippen molar-refractivity contribution in [2.75, 3.05) is 32.9 Å².